The van der Waals surface area contributed by atoms with Gasteiger partial charge in [-0.2, -0.15) is 0 Å². The van der Waals surface area contributed by atoms with E-state index >= 15 is 0 Å². The van der Waals surface area contributed by atoms with E-state index in [1.807, 2.05) is 0 Å². The van der Waals surface area contributed by atoms with Crippen molar-refractivity contribution in [2.45, 2.75) is 11.4 Å². The monoisotopic (exact) mass is 333 g/mol. The van der Waals surface area contributed by atoms with Crippen molar-refractivity contribution in [2.24, 2.45) is 0 Å². The Morgan fingerprint density at radius 2 is 1.95 bits per heavy atom. The minimum atomic E-state index is -3.65. The summed E-state index contributed by atoms with van der Waals surface area (Å²) < 4.78 is 26.8. The molecule has 0 unspecified atom stereocenters. The fraction of sp³-hybridized carbons (Fsp3) is 0.167. The minimum Gasteiger partial charge on any atom is -0.363 e. The van der Waals surface area contributed by atoms with E-state index in [1.54, 1.807) is 19.2 Å². The van der Waals surface area contributed by atoms with Crippen molar-refractivity contribution in [3.8, 4) is 0 Å². The van der Waals surface area contributed by atoms with Gasteiger partial charge in [0.25, 0.3) is 10.0 Å². The molecule has 0 fully saturated rings. The van der Waals surface area contributed by atoms with Crippen molar-refractivity contribution in [3.63, 3.8) is 0 Å². The highest BCUT2D eigenvalue weighted by molar-refractivity contribution is 7.92. The Morgan fingerprint density at radius 3 is 2.60 bits per heavy atom. The van der Waals surface area contributed by atoms with E-state index in [1.165, 1.54) is 18.3 Å². The summed E-state index contributed by atoms with van der Waals surface area (Å²) in [6.07, 6.45) is 1.44. The molecule has 1 heterocycles. The molecule has 0 aliphatic carbocycles. The van der Waals surface area contributed by atoms with Gasteiger partial charge in [0.05, 0.1) is 15.7 Å². The molecule has 0 saturated heterocycles. The number of halogens is 2. The summed E-state index contributed by atoms with van der Waals surface area (Å²) in [4.78, 5) is 3.05. The van der Waals surface area contributed by atoms with Crippen LogP contribution in [0.15, 0.2) is 35.4 Å². The van der Waals surface area contributed by atoms with Crippen LogP contribution in [0, 0.1) is 0 Å². The molecule has 0 saturated carbocycles. The number of hydrogen-bond acceptors (Lipinski definition) is 3. The van der Waals surface area contributed by atoms with E-state index in [-0.39, 0.29) is 9.92 Å². The summed E-state index contributed by atoms with van der Waals surface area (Å²) in [5.74, 6) is 0. The molecule has 3 N–H and O–H groups in total. The smallest absolute Gasteiger partial charge is 0.263 e. The molecule has 0 amide bonds. The summed E-state index contributed by atoms with van der Waals surface area (Å²) in [5.41, 5.74) is 1.14. The maximum absolute atomic E-state index is 12.2. The number of anilines is 1. The van der Waals surface area contributed by atoms with Crippen LogP contribution in [0.3, 0.4) is 0 Å². The minimum absolute atomic E-state index is 0.161. The predicted molar refractivity (Wildman–Crippen MR) is 80.8 cm³/mol. The van der Waals surface area contributed by atoms with Crippen LogP contribution in [-0.4, -0.2) is 20.4 Å². The molecule has 0 atom stereocenters. The van der Waals surface area contributed by atoms with Crippen LogP contribution in [0.1, 0.15) is 5.69 Å². The van der Waals surface area contributed by atoms with Gasteiger partial charge in [-0.1, -0.05) is 23.2 Å². The van der Waals surface area contributed by atoms with Crippen molar-refractivity contribution in [3.05, 3.63) is 46.2 Å². The van der Waals surface area contributed by atoms with Gasteiger partial charge in [-0.15, -0.1) is 0 Å². The van der Waals surface area contributed by atoms with Gasteiger partial charge >= 0.3 is 0 Å². The molecule has 0 spiro atoms. The first-order valence-corrected chi connectivity index (χ1v) is 7.96. The number of sulfonamides is 1. The third kappa shape index (κ3) is 3.46. The maximum Gasteiger partial charge on any atom is 0.263 e. The molecule has 1 aromatic heterocycles. The van der Waals surface area contributed by atoms with E-state index < -0.39 is 10.0 Å². The molecular formula is C12H13Cl2N3O2S. The summed E-state index contributed by atoms with van der Waals surface area (Å²) in [7, 11) is -1.87. The first-order chi connectivity index (χ1) is 9.42. The molecule has 1 aromatic carbocycles. The van der Waals surface area contributed by atoms with Crippen LogP contribution in [-0.2, 0) is 16.6 Å². The van der Waals surface area contributed by atoms with Crippen LogP contribution in [0.2, 0.25) is 10.0 Å². The fourth-order valence-corrected chi connectivity index (χ4v) is 3.00. The van der Waals surface area contributed by atoms with Crippen LogP contribution < -0.4 is 10.0 Å². The van der Waals surface area contributed by atoms with Crippen LogP contribution in [0.4, 0.5) is 5.69 Å². The van der Waals surface area contributed by atoms with Crippen LogP contribution >= 0.6 is 23.2 Å². The van der Waals surface area contributed by atoms with E-state index in [9.17, 15) is 8.42 Å². The van der Waals surface area contributed by atoms with Gasteiger partial charge in [-0.25, -0.2) is 8.42 Å². The lowest BCUT2D eigenvalue weighted by Gasteiger charge is -2.07. The van der Waals surface area contributed by atoms with Crippen molar-refractivity contribution in [1.29, 1.82) is 0 Å². The normalized spacial score (nSPS) is 11.6. The molecule has 0 radical (unpaired) electrons. The quantitative estimate of drug-likeness (QED) is 0.787. The molecule has 5 nitrogen and oxygen atoms in total. The Kier molecular flexibility index (Phi) is 4.59. The first-order valence-electron chi connectivity index (χ1n) is 5.72. The van der Waals surface area contributed by atoms with Crippen LogP contribution in [0.25, 0.3) is 0 Å². The third-order valence-corrected chi connectivity index (χ3v) is 4.67. The second kappa shape index (κ2) is 6.05. The number of H-pyrrole nitrogens is 1. The van der Waals surface area contributed by atoms with Crippen molar-refractivity contribution >= 4 is 38.9 Å². The number of benzene rings is 1. The topological polar surface area (TPSA) is 74.0 Å². The second-order valence-electron chi connectivity index (χ2n) is 4.13. The number of hydrogen-bond donors (Lipinski definition) is 3. The van der Waals surface area contributed by atoms with Gasteiger partial charge in [-0.3, -0.25) is 4.72 Å². The maximum atomic E-state index is 12.2. The zero-order valence-electron chi connectivity index (χ0n) is 10.6. The highest BCUT2D eigenvalue weighted by Gasteiger charge is 2.16. The fourth-order valence-electron chi connectivity index (χ4n) is 1.64. The van der Waals surface area contributed by atoms with E-state index in [2.05, 4.69) is 15.0 Å². The average molecular weight is 334 g/mol. The highest BCUT2D eigenvalue weighted by Crippen LogP contribution is 2.26. The number of aromatic nitrogens is 1. The van der Waals surface area contributed by atoms with E-state index in [0.717, 1.165) is 5.69 Å². The Balaban J connectivity index is 2.23. The van der Waals surface area contributed by atoms with Gasteiger partial charge in [0.1, 0.15) is 4.90 Å². The van der Waals surface area contributed by atoms with Crippen molar-refractivity contribution in [1.82, 2.24) is 10.3 Å². The lowest BCUT2D eigenvalue weighted by atomic mass is 10.3. The standard InChI is InChI=1S/C12H13Cl2N3O2S/c1-15-6-9-4-10(7-16-9)20(18,19)17-8-2-3-11(13)12(14)5-8/h2-5,7,15-17H,6H2,1H3. The zero-order chi connectivity index (χ0) is 14.8. The molecule has 2 rings (SSSR count). The lowest BCUT2D eigenvalue weighted by molar-refractivity contribution is 0.601. The summed E-state index contributed by atoms with van der Waals surface area (Å²) >= 11 is 11.6. The number of rotatable bonds is 5. The van der Waals surface area contributed by atoms with Crippen LogP contribution in [0.5, 0.6) is 0 Å². The molecule has 2 aromatic rings. The Morgan fingerprint density at radius 1 is 1.20 bits per heavy atom. The molecule has 108 valence electrons. The lowest BCUT2D eigenvalue weighted by Crippen LogP contribution is -2.12. The molecule has 8 heteroatoms. The summed E-state index contributed by atoms with van der Waals surface area (Å²) in [6, 6.07) is 6.11. The Hall–Kier alpha value is -1.21. The van der Waals surface area contributed by atoms with Crippen molar-refractivity contribution in [2.75, 3.05) is 11.8 Å². The summed E-state index contributed by atoms with van der Waals surface area (Å²) in [6.45, 7) is 0.558. The largest absolute Gasteiger partial charge is 0.363 e. The highest BCUT2D eigenvalue weighted by atomic mass is 35.5. The molecule has 20 heavy (non-hydrogen) atoms. The van der Waals surface area contributed by atoms with Gasteiger partial charge < -0.3 is 10.3 Å². The third-order valence-electron chi connectivity index (χ3n) is 2.57. The summed E-state index contributed by atoms with van der Waals surface area (Å²) in [5, 5.41) is 3.59. The molecule has 0 aliphatic heterocycles. The first kappa shape index (κ1) is 15.2. The SMILES string of the molecule is CNCc1cc(S(=O)(=O)Nc2ccc(Cl)c(Cl)c2)c[nH]1. The molecule has 0 bridgehead atoms. The average Bonchev–Trinajstić information content (AvgIpc) is 2.83. The zero-order valence-corrected chi connectivity index (χ0v) is 12.9. The molecular weight excluding hydrogens is 321 g/mol. The van der Waals surface area contributed by atoms with Gasteiger partial charge in [0, 0.05) is 18.4 Å². The Labute approximate surface area is 127 Å². The number of nitrogens with one attached hydrogen (secondary N) is 3. The van der Waals surface area contributed by atoms with Gasteiger partial charge in [-0.05, 0) is 31.3 Å². The van der Waals surface area contributed by atoms with E-state index in [0.29, 0.717) is 17.3 Å². The Bertz CT molecular complexity index is 713. The van der Waals surface area contributed by atoms with Gasteiger partial charge in [0.15, 0.2) is 0 Å². The van der Waals surface area contributed by atoms with Gasteiger partial charge in [0.2, 0.25) is 0 Å². The predicted octanol–water partition coefficient (Wildman–Crippen LogP) is 2.84. The van der Waals surface area contributed by atoms with E-state index in [4.69, 9.17) is 23.2 Å². The number of aromatic amines is 1. The van der Waals surface area contributed by atoms with Crippen molar-refractivity contribution < 1.29 is 8.42 Å². The molecule has 0 aliphatic rings. The second-order valence-corrected chi connectivity index (χ2v) is 6.62.